The molecule has 24 heavy (non-hydrogen) atoms. The maximum Gasteiger partial charge on any atom is 0.261 e. The van der Waals surface area contributed by atoms with E-state index in [1.54, 1.807) is 6.92 Å². The molecule has 1 aromatic carbocycles. The molecule has 0 spiro atoms. The van der Waals surface area contributed by atoms with E-state index in [4.69, 9.17) is 5.26 Å². The van der Waals surface area contributed by atoms with Crippen LogP contribution >= 0.6 is 0 Å². The standard InChI is InChI=1S/C17H23N3O3S/c1-4-24(22,23)20(3)11-5-10-19-17(21)16(13-18)12-15-8-6-14(2)7-9-15/h6-9,12H,4-5,10-11H2,1-3H3,(H,19,21)/b16-12-. The van der Waals surface area contributed by atoms with Crippen molar-refractivity contribution in [3.8, 4) is 6.07 Å². The number of nitrogens with one attached hydrogen (secondary N) is 1. The minimum atomic E-state index is -3.21. The van der Waals surface area contributed by atoms with Gasteiger partial charge in [0.1, 0.15) is 11.6 Å². The molecule has 7 heteroatoms. The molecule has 0 atom stereocenters. The molecule has 0 aliphatic rings. The van der Waals surface area contributed by atoms with Crippen LogP contribution in [0.25, 0.3) is 6.08 Å². The van der Waals surface area contributed by atoms with Gasteiger partial charge in [0, 0.05) is 20.1 Å². The number of rotatable bonds is 8. The molecular weight excluding hydrogens is 326 g/mol. The highest BCUT2D eigenvalue weighted by molar-refractivity contribution is 7.89. The number of aryl methyl sites for hydroxylation is 1. The van der Waals surface area contributed by atoms with E-state index in [2.05, 4.69) is 5.32 Å². The van der Waals surface area contributed by atoms with Gasteiger partial charge >= 0.3 is 0 Å². The van der Waals surface area contributed by atoms with Gasteiger partial charge in [-0.3, -0.25) is 4.79 Å². The van der Waals surface area contributed by atoms with E-state index in [0.717, 1.165) is 11.1 Å². The number of carbonyl (C=O) groups is 1. The summed E-state index contributed by atoms with van der Waals surface area (Å²) in [6, 6.07) is 9.38. The van der Waals surface area contributed by atoms with Crippen molar-refractivity contribution < 1.29 is 13.2 Å². The number of sulfonamides is 1. The minimum absolute atomic E-state index is 0.0217. The molecule has 0 aliphatic carbocycles. The van der Waals surface area contributed by atoms with Crippen molar-refractivity contribution in [1.82, 2.24) is 9.62 Å². The lowest BCUT2D eigenvalue weighted by Crippen LogP contribution is -2.32. The number of nitriles is 1. The SMILES string of the molecule is CCS(=O)(=O)N(C)CCCNC(=O)/C(C#N)=C\c1ccc(C)cc1. The zero-order chi connectivity index (χ0) is 18.2. The van der Waals surface area contributed by atoms with Gasteiger partial charge in [0.15, 0.2) is 0 Å². The Labute approximate surface area is 143 Å². The summed E-state index contributed by atoms with van der Waals surface area (Å²) in [7, 11) is -1.69. The van der Waals surface area contributed by atoms with E-state index in [1.165, 1.54) is 17.4 Å². The van der Waals surface area contributed by atoms with E-state index in [0.29, 0.717) is 19.5 Å². The zero-order valence-electron chi connectivity index (χ0n) is 14.2. The Bertz CT molecular complexity index is 731. The quantitative estimate of drug-likeness (QED) is 0.439. The van der Waals surface area contributed by atoms with Gasteiger partial charge in [0.25, 0.3) is 5.91 Å². The molecule has 1 N–H and O–H groups in total. The van der Waals surface area contributed by atoms with Crippen LogP contribution in [-0.2, 0) is 14.8 Å². The van der Waals surface area contributed by atoms with E-state index < -0.39 is 15.9 Å². The second-order valence-electron chi connectivity index (χ2n) is 5.41. The number of benzene rings is 1. The predicted molar refractivity (Wildman–Crippen MR) is 94.5 cm³/mol. The molecule has 1 rings (SSSR count). The van der Waals surface area contributed by atoms with Crippen molar-refractivity contribution in [3.63, 3.8) is 0 Å². The van der Waals surface area contributed by atoms with Crippen LogP contribution in [-0.4, -0.2) is 44.5 Å². The normalized spacial score (nSPS) is 12.0. The summed E-state index contributed by atoms with van der Waals surface area (Å²) in [4.78, 5) is 12.0. The lowest BCUT2D eigenvalue weighted by Gasteiger charge is -2.15. The number of hydrogen-bond donors (Lipinski definition) is 1. The lowest BCUT2D eigenvalue weighted by atomic mass is 10.1. The van der Waals surface area contributed by atoms with Crippen molar-refractivity contribution in [2.24, 2.45) is 0 Å². The fourth-order valence-corrected chi connectivity index (χ4v) is 2.78. The summed E-state index contributed by atoms with van der Waals surface area (Å²) in [5.41, 5.74) is 1.90. The summed E-state index contributed by atoms with van der Waals surface area (Å²) < 4.78 is 24.5. The van der Waals surface area contributed by atoms with Crippen molar-refractivity contribution in [2.75, 3.05) is 25.9 Å². The third kappa shape index (κ3) is 6.14. The van der Waals surface area contributed by atoms with Gasteiger partial charge in [0.05, 0.1) is 5.75 Å². The van der Waals surface area contributed by atoms with Crippen LogP contribution in [0.15, 0.2) is 29.8 Å². The third-order valence-electron chi connectivity index (χ3n) is 3.53. The summed E-state index contributed by atoms with van der Waals surface area (Å²) in [6.07, 6.45) is 2.01. The van der Waals surface area contributed by atoms with Gasteiger partial charge < -0.3 is 5.32 Å². The largest absolute Gasteiger partial charge is 0.351 e. The van der Waals surface area contributed by atoms with Gasteiger partial charge in [0.2, 0.25) is 10.0 Å². The Morgan fingerprint density at radius 1 is 1.33 bits per heavy atom. The van der Waals surface area contributed by atoms with Gasteiger partial charge in [-0.25, -0.2) is 12.7 Å². The second-order valence-corrected chi connectivity index (χ2v) is 7.78. The average molecular weight is 349 g/mol. The molecule has 0 aliphatic heterocycles. The molecule has 0 heterocycles. The highest BCUT2D eigenvalue weighted by Crippen LogP contribution is 2.08. The predicted octanol–water partition coefficient (Wildman–Crippen LogP) is 1.69. The van der Waals surface area contributed by atoms with Crippen LogP contribution in [0.3, 0.4) is 0 Å². The van der Waals surface area contributed by atoms with Crippen LogP contribution < -0.4 is 5.32 Å². The van der Waals surface area contributed by atoms with Crippen molar-refractivity contribution in [3.05, 3.63) is 41.0 Å². The van der Waals surface area contributed by atoms with Crippen molar-refractivity contribution >= 4 is 22.0 Å². The summed E-state index contributed by atoms with van der Waals surface area (Å²) in [5.74, 6) is -0.410. The summed E-state index contributed by atoms with van der Waals surface area (Å²) >= 11 is 0. The molecule has 1 amide bonds. The Morgan fingerprint density at radius 3 is 2.50 bits per heavy atom. The first kappa shape index (κ1) is 19.9. The van der Waals surface area contributed by atoms with Crippen LogP contribution in [0.5, 0.6) is 0 Å². The molecule has 0 fully saturated rings. The first-order valence-electron chi connectivity index (χ1n) is 7.71. The first-order chi connectivity index (χ1) is 11.3. The molecule has 0 saturated carbocycles. The van der Waals surface area contributed by atoms with E-state index in [-0.39, 0.29) is 11.3 Å². The van der Waals surface area contributed by atoms with Gasteiger partial charge in [-0.1, -0.05) is 29.8 Å². The Hall–Kier alpha value is -2.17. The van der Waals surface area contributed by atoms with E-state index in [9.17, 15) is 13.2 Å². The average Bonchev–Trinajstić information content (AvgIpc) is 2.57. The molecule has 0 radical (unpaired) electrons. The molecule has 130 valence electrons. The molecule has 0 aromatic heterocycles. The molecule has 1 aromatic rings. The van der Waals surface area contributed by atoms with Crippen molar-refractivity contribution in [2.45, 2.75) is 20.3 Å². The Morgan fingerprint density at radius 2 is 1.96 bits per heavy atom. The van der Waals surface area contributed by atoms with E-state index >= 15 is 0 Å². The summed E-state index contributed by atoms with van der Waals surface area (Å²) in [5, 5.41) is 11.8. The summed E-state index contributed by atoms with van der Waals surface area (Å²) in [6.45, 7) is 4.17. The second kappa shape index (κ2) is 9.21. The fraction of sp³-hybridized carbons (Fsp3) is 0.412. The topological polar surface area (TPSA) is 90.3 Å². The number of nitrogens with zero attached hydrogens (tertiary/aromatic N) is 2. The molecule has 6 nitrogen and oxygen atoms in total. The maximum absolute atomic E-state index is 12.0. The monoisotopic (exact) mass is 349 g/mol. The Kier molecular flexibility index (Phi) is 7.62. The maximum atomic E-state index is 12.0. The van der Waals surface area contributed by atoms with E-state index in [1.807, 2.05) is 37.3 Å². The van der Waals surface area contributed by atoms with Crippen molar-refractivity contribution in [1.29, 1.82) is 5.26 Å². The van der Waals surface area contributed by atoms with Gasteiger partial charge in [-0.2, -0.15) is 5.26 Å². The highest BCUT2D eigenvalue weighted by atomic mass is 32.2. The third-order valence-corrected chi connectivity index (χ3v) is 5.39. The molecular formula is C17H23N3O3S. The molecule has 0 unspecified atom stereocenters. The first-order valence-corrected chi connectivity index (χ1v) is 9.31. The molecule has 0 saturated heterocycles. The fourth-order valence-electron chi connectivity index (χ4n) is 1.94. The number of carbonyl (C=O) groups excluding carboxylic acids is 1. The van der Waals surface area contributed by atoms with Gasteiger partial charge in [-0.15, -0.1) is 0 Å². The Balaban J connectivity index is 2.54. The number of amides is 1. The van der Waals surface area contributed by atoms with Crippen LogP contribution in [0.2, 0.25) is 0 Å². The highest BCUT2D eigenvalue weighted by Gasteiger charge is 2.14. The zero-order valence-corrected chi connectivity index (χ0v) is 15.1. The lowest BCUT2D eigenvalue weighted by molar-refractivity contribution is -0.117. The minimum Gasteiger partial charge on any atom is -0.351 e. The van der Waals surface area contributed by atoms with Crippen LogP contribution in [0, 0.1) is 18.3 Å². The number of hydrogen-bond acceptors (Lipinski definition) is 4. The van der Waals surface area contributed by atoms with Crippen LogP contribution in [0.1, 0.15) is 24.5 Å². The van der Waals surface area contributed by atoms with Crippen LogP contribution in [0.4, 0.5) is 0 Å². The smallest absolute Gasteiger partial charge is 0.261 e. The molecule has 0 bridgehead atoms. The van der Waals surface area contributed by atoms with Gasteiger partial charge in [-0.05, 0) is 31.9 Å².